The Balaban J connectivity index is 1.31. The van der Waals surface area contributed by atoms with Crippen molar-refractivity contribution in [2.45, 2.75) is 19.6 Å². The van der Waals surface area contributed by atoms with Crippen molar-refractivity contribution in [3.63, 3.8) is 0 Å². The Bertz CT molecular complexity index is 1540. The van der Waals surface area contributed by atoms with Gasteiger partial charge in [0, 0.05) is 23.2 Å². The van der Waals surface area contributed by atoms with Crippen LogP contribution in [0.1, 0.15) is 17.7 Å². The van der Waals surface area contributed by atoms with Gasteiger partial charge in [-0.3, -0.25) is 0 Å². The van der Waals surface area contributed by atoms with Crippen molar-refractivity contribution in [2.24, 2.45) is 0 Å². The number of hydrogen-bond acceptors (Lipinski definition) is 7. The van der Waals surface area contributed by atoms with E-state index in [1.54, 1.807) is 24.3 Å². The smallest absolute Gasteiger partial charge is 0.141 e. The summed E-state index contributed by atoms with van der Waals surface area (Å²) >= 11 is 6.47. The average Bonchev–Trinajstić information content (AvgIpc) is 3.40. The van der Waals surface area contributed by atoms with Crippen LogP contribution in [0, 0.1) is 5.82 Å². The van der Waals surface area contributed by atoms with Gasteiger partial charge < -0.3 is 24.9 Å². The molecule has 5 aromatic rings. The van der Waals surface area contributed by atoms with Gasteiger partial charge in [-0.1, -0.05) is 23.7 Å². The zero-order chi connectivity index (χ0) is 26.3. The van der Waals surface area contributed by atoms with Crippen LogP contribution in [-0.2, 0) is 13.2 Å². The molecule has 7 nitrogen and oxygen atoms in total. The van der Waals surface area contributed by atoms with Gasteiger partial charge in [0.15, 0.2) is 0 Å². The number of anilines is 2. The van der Waals surface area contributed by atoms with Crippen molar-refractivity contribution in [3.8, 4) is 17.1 Å². The van der Waals surface area contributed by atoms with E-state index in [2.05, 4.69) is 20.6 Å². The first-order valence-corrected chi connectivity index (χ1v) is 12.6. The van der Waals surface area contributed by atoms with Crippen LogP contribution in [0.3, 0.4) is 0 Å². The van der Waals surface area contributed by atoms with Crippen molar-refractivity contribution < 1.29 is 18.7 Å². The molecule has 2 heterocycles. The van der Waals surface area contributed by atoms with Crippen LogP contribution in [0.2, 0.25) is 5.02 Å². The SMILES string of the molecule is OCCCNCc1ccc(-c2ccc3ncnc(Nc4ccc(OCc5cccc(F)c5)c(Cl)c4)c3c2)o1. The molecule has 2 aromatic heterocycles. The second-order valence-corrected chi connectivity index (χ2v) is 9.07. The fraction of sp³-hybridized carbons (Fsp3) is 0.172. The number of aliphatic hydroxyl groups is 1. The predicted molar refractivity (Wildman–Crippen MR) is 146 cm³/mol. The largest absolute Gasteiger partial charge is 0.487 e. The first-order chi connectivity index (χ1) is 18.6. The number of furan rings is 1. The fourth-order valence-electron chi connectivity index (χ4n) is 3.97. The number of fused-ring (bicyclic) bond motifs is 1. The van der Waals surface area contributed by atoms with Gasteiger partial charge in [0.1, 0.15) is 41.8 Å². The number of aromatic nitrogens is 2. The molecule has 0 saturated carbocycles. The predicted octanol–water partition coefficient (Wildman–Crippen LogP) is 6.48. The average molecular weight is 533 g/mol. The molecule has 0 radical (unpaired) electrons. The minimum atomic E-state index is -0.310. The van der Waals surface area contributed by atoms with Gasteiger partial charge in [-0.2, -0.15) is 0 Å². The maximum atomic E-state index is 13.4. The molecule has 0 unspecified atom stereocenters. The monoisotopic (exact) mass is 532 g/mol. The van der Waals surface area contributed by atoms with Gasteiger partial charge in [-0.15, -0.1) is 0 Å². The standard InChI is InChI=1S/C29H26ClFN4O3/c30-25-15-22(6-9-28(25)37-17-19-3-1-4-21(31)13-19)35-29-24-14-20(5-8-26(24)33-18-34-29)27-10-7-23(38-27)16-32-11-2-12-36/h1,3-10,13-15,18,32,36H,2,11-12,16-17H2,(H,33,34,35). The van der Waals surface area contributed by atoms with Crippen LogP contribution in [0.4, 0.5) is 15.9 Å². The van der Waals surface area contributed by atoms with Gasteiger partial charge in [0.25, 0.3) is 0 Å². The second-order valence-electron chi connectivity index (χ2n) is 8.66. The first-order valence-electron chi connectivity index (χ1n) is 12.2. The van der Waals surface area contributed by atoms with E-state index in [4.69, 9.17) is 25.9 Å². The minimum absolute atomic E-state index is 0.159. The molecule has 0 aliphatic carbocycles. The Morgan fingerprint density at radius 2 is 1.92 bits per heavy atom. The molecular formula is C29H26ClFN4O3. The zero-order valence-corrected chi connectivity index (χ0v) is 21.2. The Morgan fingerprint density at radius 3 is 2.76 bits per heavy atom. The third-order valence-electron chi connectivity index (χ3n) is 5.87. The van der Waals surface area contributed by atoms with E-state index in [0.29, 0.717) is 35.1 Å². The van der Waals surface area contributed by atoms with Crippen molar-refractivity contribution in [1.29, 1.82) is 0 Å². The van der Waals surface area contributed by atoms with E-state index in [9.17, 15) is 4.39 Å². The molecule has 194 valence electrons. The number of hydrogen-bond donors (Lipinski definition) is 3. The van der Waals surface area contributed by atoms with Gasteiger partial charge in [-0.25, -0.2) is 14.4 Å². The molecule has 3 aromatic carbocycles. The Hall–Kier alpha value is -3.98. The van der Waals surface area contributed by atoms with Crippen molar-refractivity contribution in [2.75, 3.05) is 18.5 Å². The number of benzene rings is 3. The number of nitrogens with one attached hydrogen (secondary N) is 2. The molecule has 0 bridgehead atoms. The minimum Gasteiger partial charge on any atom is -0.487 e. The van der Waals surface area contributed by atoms with Crippen LogP contribution in [0.15, 0.2) is 83.5 Å². The summed E-state index contributed by atoms with van der Waals surface area (Å²) in [5.74, 6) is 2.36. The topological polar surface area (TPSA) is 92.4 Å². The molecule has 0 fully saturated rings. The Labute approximate surface area is 224 Å². The third-order valence-corrected chi connectivity index (χ3v) is 6.17. The molecule has 3 N–H and O–H groups in total. The van der Waals surface area contributed by atoms with E-state index in [1.165, 1.54) is 18.5 Å². The van der Waals surface area contributed by atoms with Crippen molar-refractivity contribution in [1.82, 2.24) is 15.3 Å². The molecule has 0 saturated heterocycles. The van der Waals surface area contributed by atoms with Gasteiger partial charge in [-0.05, 0) is 79.2 Å². The van der Waals surface area contributed by atoms with Crippen LogP contribution in [-0.4, -0.2) is 28.2 Å². The van der Waals surface area contributed by atoms with Crippen LogP contribution in [0.5, 0.6) is 5.75 Å². The summed E-state index contributed by atoms with van der Waals surface area (Å²) in [6, 6.07) is 21.4. The number of nitrogens with zero attached hydrogens (tertiary/aromatic N) is 2. The molecule has 0 aliphatic heterocycles. The molecule has 0 spiro atoms. The van der Waals surface area contributed by atoms with Gasteiger partial charge in [0.05, 0.1) is 17.1 Å². The molecule has 0 atom stereocenters. The zero-order valence-electron chi connectivity index (χ0n) is 20.5. The number of ether oxygens (including phenoxy) is 1. The molecule has 9 heteroatoms. The number of rotatable bonds is 11. The van der Waals surface area contributed by atoms with E-state index >= 15 is 0 Å². The van der Waals surface area contributed by atoms with Crippen LogP contribution < -0.4 is 15.4 Å². The number of aliphatic hydroxyl groups excluding tert-OH is 1. The quantitative estimate of drug-likeness (QED) is 0.168. The normalized spacial score (nSPS) is 11.1. The van der Waals surface area contributed by atoms with Gasteiger partial charge in [0.2, 0.25) is 0 Å². The lowest BCUT2D eigenvalue weighted by molar-refractivity contribution is 0.285. The molecule has 0 aliphatic rings. The van der Waals surface area contributed by atoms with Crippen molar-refractivity contribution >= 4 is 34.0 Å². The highest BCUT2D eigenvalue weighted by atomic mass is 35.5. The Kier molecular flexibility index (Phi) is 8.13. The Morgan fingerprint density at radius 1 is 1.00 bits per heavy atom. The van der Waals surface area contributed by atoms with E-state index in [1.807, 2.05) is 36.4 Å². The highest BCUT2D eigenvalue weighted by Gasteiger charge is 2.11. The summed E-state index contributed by atoms with van der Waals surface area (Å²) < 4.78 is 25.2. The molecule has 5 rings (SSSR count). The first kappa shape index (κ1) is 25.7. The maximum Gasteiger partial charge on any atom is 0.141 e. The third kappa shape index (κ3) is 6.28. The van der Waals surface area contributed by atoms with E-state index in [-0.39, 0.29) is 19.0 Å². The molecule has 38 heavy (non-hydrogen) atoms. The highest BCUT2D eigenvalue weighted by molar-refractivity contribution is 6.32. The highest BCUT2D eigenvalue weighted by Crippen LogP contribution is 2.32. The van der Waals surface area contributed by atoms with Gasteiger partial charge >= 0.3 is 0 Å². The lowest BCUT2D eigenvalue weighted by atomic mass is 10.1. The fourth-order valence-corrected chi connectivity index (χ4v) is 4.21. The summed E-state index contributed by atoms with van der Waals surface area (Å²) in [6.07, 6.45) is 2.20. The van der Waals surface area contributed by atoms with Crippen molar-refractivity contribution in [3.05, 3.63) is 101 Å². The summed E-state index contributed by atoms with van der Waals surface area (Å²) in [5, 5.41) is 16.7. The summed E-state index contributed by atoms with van der Waals surface area (Å²) in [7, 11) is 0. The van der Waals surface area contributed by atoms with E-state index < -0.39 is 0 Å². The summed E-state index contributed by atoms with van der Waals surface area (Å²) in [6.45, 7) is 1.68. The van der Waals surface area contributed by atoms with Crippen LogP contribution >= 0.6 is 11.6 Å². The molecule has 0 amide bonds. The molecular weight excluding hydrogens is 507 g/mol. The lowest BCUT2D eigenvalue weighted by Crippen LogP contribution is -2.15. The van der Waals surface area contributed by atoms with Crippen LogP contribution in [0.25, 0.3) is 22.2 Å². The summed E-state index contributed by atoms with van der Waals surface area (Å²) in [4.78, 5) is 8.83. The van der Waals surface area contributed by atoms with E-state index in [0.717, 1.165) is 40.2 Å². The summed E-state index contributed by atoms with van der Waals surface area (Å²) in [5.41, 5.74) is 3.13. The number of halogens is 2. The lowest BCUT2D eigenvalue weighted by Gasteiger charge is -2.12. The second kappa shape index (κ2) is 12.0. The maximum absolute atomic E-state index is 13.4.